The number of rotatable bonds is 1. The Balaban J connectivity index is 3.00. The lowest BCUT2D eigenvalue weighted by atomic mass is 10.1. The molecule has 0 atom stereocenters. The summed E-state index contributed by atoms with van der Waals surface area (Å²) in [6.45, 7) is 5.43. The fourth-order valence-corrected chi connectivity index (χ4v) is 1.10. The van der Waals surface area contributed by atoms with E-state index in [-0.39, 0.29) is 5.56 Å². The number of hydrogen-bond donors (Lipinski definition) is 0. The second-order valence-corrected chi connectivity index (χ2v) is 3.17. The molecule has 0 bridgehead atoms. The van der Waals surface area contributed by atoms with E-state index in [1.165, 1.54) is 6.07 Å². The third kappa shape index (κ3) is 3.15. The number of benzene rings is 1. The minimum absolute atomic E-state index is 0.254. The molecule has 0 unspecified atom stereocenters. The van der Waals surface area contributed by atoms with Gasteiger partial charge in [0, 0.05) is 5.56 Å². The first-order chi connectivity index (χ1) is 7.67. The maximum atomic E-state index is 13.3. The fourth-order valence-electron chi connectivity index (χ4n) is 1.10. The van der Waals surface area contributed by atoms with Crippen molar-refractivity contribution in [3.63, 3.8) is 0 Å². The third-order valence-corrected chi connectivity index (χ3v) is 1.90. The maximum absolute atomic E-state index is 13.3. The molecule has 0 fully saturated rings. The molecule has 0 amide bonds. The average molecular weight is 210 g/mol. The molecule has 1 aromatic carbocycles. The minimum Gasteiger partial charge on any atom is -0.206 e. The Labute approximate surface area is 95.5 Å². The van der Waals surface area contributed by atoms with Gasteiger partial charge < -0.3 is 0 Å². The monoisotopic (exact) mass is 210 g/mol. The van der Waals surface area contributed by atoms with Gasteiger partial charge in [0.15, 0.2) is 0 Å². The second kappa shape index (κ2) is 5.59. The summed E-state index contributed by atoms with van der Waals surface area (Å²) in [6, 6.07) is 4.59. The molecule has 1 rings (SSSR count). The van der Waals surface area contributed by atoms with Crippen LogP contribution in [-0.4, -0.2) is 0 Å². The van der Waals surface area contributed by atoms with E-state index in [1.807, 2.05) is 6.92 Å². The van der Waals surface area contributed by atoms with Crippen molar-refractivity contribution in [1.82, 2.24) is 0 Å². The van der Waals surface area contributed by atoms with Gasteiger partial charge in [-0.2, -0.15) is 0 Å². The predicted molar refractivity (Wildman–Crippen MR) is 65.2 cm³/mol. The van der Waals surface area contributed by atoms with Crippen LogP contribution in [0.2, 0.25) is 0 Å². The summed E-state index contributed by atoms with van der Waals surface area (Å²) in [4.78, 5) is 0. The lowest BCUT2D eigenvalue weighted by molar-refractivity contribution is 0.624. The van der Waals surface area contributed by atoms with Gasteiger partial charge in [0.2, 0.25) is 0 Å². The van der Waals surface area contributed by atoms with Gasteiger partial charge in [-0.1, -0.05) is 36.5 Å². The summed E-state index contributed by atoms with van der Waals surface area (Å²) in [5.41, 5.74) is 1.73. The largest absolute Gasteiger partial charge is 0.206 e. The predicted octanol–water partition coefficient (Wildman–Crippen LogP) is 3.29. The van der Waals surface area contributed by atoms with Crippen molar-refractivity contribution >= 4 is 0 Å². The van der Waals surface area contributed by atoms with E-state index in [1.54, 1.807) is 24.3 Å². The molecule has 16 heavy (non-hydrogen) atoms. The lowest BCUT2D eigenvalue weighted by Crippen LogP contribution is -1.84. The lowest BCUT2D eigenvalue weighted by Gasteiger charge is -1.94. The third-order valence-electron chi connectivity index (χ3n) is 1.90. The summed E-state index contributed by atoms with van der Waals surface area (Å²) in [7, 11) is 0. The van der Waals surface area contributed by atoms with E-state index in [2.05, 4.69) is 24.3 Å². The molecule has 0 spiro atoms. The number of allylic oxidation sites excluding steroid dienone is 3. The summed E-state index contributed by atoms with van der Waals surface area (Å²) in [6.07, 6.45) is 8.57. The van der Waals surface area contributed by atoms with Crippen molar-refractivity contribution in [2.24, 2.45) is 0 Å². The second-order valence-electron chi connectivity index (χ2n) is 3.17. The SMILES string of the molecule is C#Cc1ccc(C#C/C(C)=C/C=C)cc1F. The zero-order valence-electron chi connectivity index (χ0n) is 9.05. The Kier molecular flexibility index (Phi) is 4.13. The summed E-state index contributed by atoms with van der Waals surface area (Å²) < 4.78 is 13.3. The highest BCUT2D eigenvalue weighted by Crippen LogP contribution is 2.08. The van der Waals surface area contributed by atoms with E-state index < -0.39 is 5.82 Å². The molecule has 0 nitrogen and oxygen atoms in total. The van der Waals surface area contributed by atoms with Crippen molar-refractivity contribution in [2.45, 2.75) is 6.92 Å². The van der Waals surface area contributed by atoms with Gasteiger partial charge in [0.1, 0.15) is 5.82 Å². The molecule has 0 aliphatic heterocycles. The molecule has 78 valence electrons. The van der Waals surface area contributed by atoms with Crippen LogP contribution >= 0.6 is 0 Å². The van der Waals surface area contributed by atoms with Crippen LogP contribution < -0.4 is 0 Å². The van der Waals surface area contributed by atoms with Crippen LogP contribution in [-0.2, 0) is 0 Å². The molecule has 0 N–H and O–H groups in total. The molecule has 0 aromatic heterocycles. The molecule has 0 aliphatic carbocycles. The quantitative estimate of drug-likeness (QED) is 0.493. The summed E-state index contributed by atoms with van der Waals surface area (Å²) in [5, 5.41) is 0. The highest BCUT2D eigenvalue weighted by atomic mass is 19.1. The van der Waals surface area contributed by atoms with Gasteiger partial charge in [0.05, 0.1) is 5.56 Å². The Morgan fingerprint density at radius 3 is 2.81 bits per heavy atom. The molecular weight excluding hydrogens is 199 g/mol. The van der Waals surface area contributed by atoms with Crippen LogP contribution in [0.4, 0.5) is 4.39 Å². The van der Waals surface area contributed by atoms with E-state index in [0.717, 1.165) is 5.57 Å². The normalized spacial score (nSPS) is 9.94. The van der Waals surface area contributed by atoms with Crippen molar-refractivity contribution in [3.8, 4) is 24.2 Å². The molecule has 0 radical (unpaired) electrons. The molecule has 0 saturated heterocycles. The molecular formula is C15H11F. The molecule has 0 heterocycles. The van der Waals surface area contributed by atoms with Crippen molar-refractivity contribution < 1.29 is 4.39 Å². The van der Waals surface area contributed by atoms with Crippen LogP contribution in [0.25, 0.3) is 0 Å². The van der Waals surface area contributed by atoms with Gasteiger partial charge in [-0.3, -0.25) is 0 Å². The molecule has 1 aromatic rings. The minimum atomic E-state index is -0.417. The van der Waals surface area contributed by atoms with Crippen LogP contribution in [0.15, 0.2) is 42.5 Å². The fraction of sp³-hybridized carbons (Fsp3) is 0.0667. The first-order valence-electron chi connectivity index (χ1n) is 4.75. The Hall–Kier alpha value is -2.25. The van der Waals surface area contributed by atoms with Gasteiger partial charge in [-0.05, 0) is 30.7 Å². The Morgan fingerprint density at radius 2 is 2.25 bits per heavy atom. The number of terminal acetylenes is 1. The van der Waals surface area contributed by atoms with Crippen LogP contribution in [0.5, 0.6) is 0 Å². The summed E-state index contributed by atoms with van der Waals surface area (Å²) in [5.74, 6) is 7.58. The van der Waals surface area contributed by atoms with Crippen molar-refractivity contribution in [1.29, 1.82) is 0 Å². The zero-order chi connectivity index (χ0) is 12.0. The van der Waals surface area contributed by atoms with Crippen molar-refractivity contribution in [3.05, 3.63) is 59.4 Å². The van der Waals surface area contributed by atoms with E-state index in [9.17, 15) is 4.39 Å². The number of hydrogen-bond acceptors (Lipinski definition) is 0. The van der Waals surface area contributed by atoms with Gasteiger partial charge >= 0.3 is 0 Å². The number of halogens is 1. The highest BCUT2D eigenvalue weighted by Gasteiger charge is 1.98. The molecule has 0 saturated carbocycles. The van der Waals surface area contributed by atoms with Gasteiger partial charge in [-0.15, -0.1) is 6.42 Å². The van der Waals surface area contributed by atoms with Gasteiger partial charge in [0.25, 0.3) is 0 Å². The zero-order valence-corrected chi connectivity index (χ0v) is 9.05. The first-order valence-corrected chi connectivity index (χ1v) is 4.75. The maximum Gasteiger partial charge on any atom is 0.140 e. The van der Waals surface area contributed by atoms with Crippen LogP contribution in [0, 0.1) is 30.0 Å². The van der Waals surface area contributed by atoms with Gasteiger partial charge in [-0.25, -0.2) is 4.39 Å². The smallest absolute Gasteiger partial charge is 0.140 e. The Morgan fingerprint density at radius 1 is 1.50 bits per heavy atom. The van der Waals surface area contributed by atoms with E-state index in [4.69, 9.17) is 6.42 Å². The average Bonchev–Trinajstić information content (AvgIpc) is 2.27. The Bertz CT molecular complexity index is 531. The van der Waals surface area contributed by atoms with Crippen molar-refractivity contribution in [2.75, 3.05) is 0 Å². The van der Waals surface area contributed by atoms with Crippen LogP contribution in [0.1, 0.15) is 18.1 Å². The van der Waals surface area contributed by atoms with Crippen LogP contribution in [0.3, 0.4) is 0 Å². The van der Waals surface area contributed by atoms with E-state index in [0.29, 0.717) is 5.56 Å². The standard InChI is InChI=1S/C15H11F/c1-4-6-12(3)7-8-13-9-10-14(5-2)15(16)11-13/h2,4,6,9-11H,1H2,3H3/b12-6+. The molecule has 1 heteroatoms. The molecule has 0 aliphatic rings. The highest BCUT2D eigenvalue weighted by molar-refractivity contribution is 5.45. The first kappa shape index (κ1) is 11.8. The topological polar surface area (TPSA) is 0 Å². The van der Waals surface area contributed by atoms with E-state index >= 15 is 0 Å². The summed E-state index contributed by atoms with van der Waals surface area (Å²) >= 11 is 0.